The van der Waals surface area contributed by atoms with Gasteiger partial charge in [-0.1, -0.05) is 55.5 Å². The predicted octanol–water partition coefficient (Wildman–Crippen LogP) is 4.82. The van der Waals surface area contributed by atoms with E-state index in [1.807, 2.05) is 61.5 Å². The number of ether oxygens (including phenoxy) is 1. The highest BCUT2D eigenvalue weighted by Crippen LogP contribution is 2.26. The van der Waals surface area contributed by atoms with Gasteiger partial charge in [0.2, 0.25) is 5.91 Å². The molecular weight excluding hydrogens is 312 g/mol. The molecule has 0 aliphatic heterocycles. The average molecular weight is 330 g/mol. The molecule has 0 spiro atoms. The lowest BCUT2D eigenvalue weighted by molar-refractivity contribution is 0.0905. The Labute approximate surface area is 145 Å². The van der Waals surface area contributed by atoms with Crippen LogP contribution < -0.4 is 4.74 Å². The van der Waals surface area contributed by atoms with E-state index in [1.165, 1.54) is 0 Å². The highest BCUT2D eigenvalue weighted by Gasteiger charge is 2.16. The normalized spacial score (nSPS) is 11.1. The molecule has 0 aliphatic rings. The van der Waals surface area contributed by atoms with Crippen LogP contribution in [0.15, 0.2) is 66.7 Å². The average Bonchev–Trinajstić information content (AvgIpc) is 3.04. The van der Waals surface area contributed by atoms with Crippen molar-refractivity contribution >= 4 is 27.7 Å². The Morgan fingerprint density at radius 2 is 1.76 bits per heavy atom. The van der Waals surface area contributed by atoms with E-state index in [9.17, 15) is 4.79 Å². The van der Waals surface area contributed by atoms with Crippen molar-refractivity contribution in [1.29, 1.82) is 0 Å². The SMILES string of the molecule is CCC(=O)n1c(COc2cccc3ccccc23)nc2ccccc21. The maximum absolute atomic E-state index is 12.4. The first-order chi connectivity index (χ1) is 12.3. The summed E-state index contributed by atoms with van der Waals surface area (Å²) in [5.74, 6) is 1.44. The minimum absolute atomic E-state index is 0.0187. The van der Waals surface area contributed by atoms with E-state index >= 15 is 0 Å². The second kappa shape index (κ2) is 6.40. The van der Waals surface area contributed by atoms with Crippen molar-refractivity contribution < 1.29 is 9.53 Å². The lowest BCUT2D eigenvalue weighted by atomic mass is 10.1. The third-order valence-corrected chi connectivity index (χ3v) is 4.29. The van der Waals surface area contributed by atoms with Gasteiger partial charge in [-0.3, -0.25) is 9.36 Å². The molecule has 3 aromatic carbocycles. The standard InChI is InChI=1S/C21H18N2O2/c1-2-21(24)23-18-12-6-5-11-17(18)22-20(23)14-25-19-13-7-9-15-8-3-4-10-16(15)19/h3-13H,2,14H2,1H3. The van der Waals surface area contributed by atoms with Gasteiger partial charge in [0.25, 0.3) is 0 Å². The summed E-state index contributed by atoms with van der Waals surface area (Å²) in [5.41, 5.74) is 1.63. The van der Waals surface area contributed by atoms with Crippen molar-refractivity contribution in [3.8, 4) is 5.75 Å². The van der Waals surface area contributed by atoms with Gasteiger partial charge >= 0.3 is 0 Å². The number of para-hydroxylation sites is 2. The lowest BCUT2D eigenvalue weighted by Crippen LogP contribution is -2.14. The number of fused-ring (bicyclic) bond motifs is 2. The molecule has 4 aromatic rings. The van der Waals surface area contributed by atoms with Gasteiger partial charge < -0.3 is 4.74 Å². The maximum Gasteiger partial charge on any atom is 0.232 e. The van der Waals surface area contributed by atoms with Crippen molar-refractivity contribution in [3.05, 3.63) is 72.6 Å². The summed E-state index contributed by atoms with van der Waals surface area (Å²) < 4.78 is 7.70. The van der Waals surface area contributed by atoms with E-state index in [1.54, 1.807) is 4.57 Å². The summed E-state index contributed by atoms with van der Waals surface area (Å²) >= 11 is 0. The second-order valence-corrected chi connectivity index (χ2v) is 5.87. The molecule has 0 fully saturated rings. The Kier molecular flexibility index (Phi) is 3.94. The molecule has 1 heterocycles. The number of hydrogen-bond acceptors (Lipinski definition) is 3. The number of carbonyl (C=O) groups excluding carboxylic acids is 1. The highest BCUT2D eigenvalue weighted by molar-refractivity contribution is 5.91. The van der Waals surface area contributed by atoms with Gasteiger partial charge in [-0.25, -0.2) is 4.98 Å². The van der Waals surface area contributed by atoms with E-state index in [-0.39, 0.29) is 12.5 Å². The molecule has 1 aromatic heterocycles. The van der Waals surface area contributed by atoms with Gasteiger partial charge in [0, 0.05) is 11.8 Å². The molecule has 0 amide bonds. The third-order valence-electron chi connectivity index (χ3n) is 4.29. The number of nitrogens with zero attached hydrogens (tertiary/aromatic N) is 2. The summed E-state index contributed by atoms with van der Waals surface area (Å²) in [7, 11) is 0. The van der Waals surface area contributed by atoms with Gasteiger partial charge in [0.15, 0.2) is 5.82 Å². The summed E-state index contributed by atoms with van der Waals surface area (Å²) in [6.45, 7) is 2.10. The minimum Gasteiger partial charge on any atom is -0.485 e. The predicted molar refractivity (Wildman–Crippen MR) is 98.9 cm³/mol. The molecule has 124 valence electrons. The van der Waals surface area contributed by atoms with Crippen LogP contribution in [0.4, 0.5) is 0 Å². The Bertz CT molecular complexity index is 1060. The topological polar surface area (TPSA) is 44.1 Å². The lowest BCUT2D eigenvalue weighted by Gasteiger charge is -2.10. The quantitative estimate of drug-likeness (QED) is 0.539. The third kappa shape index (κ3) is 2.76. The van der Waals surface area contributed by atoms with Crippen LogP contribution in [0, 0.1) is 0 Å². The Morgan fingerprint density at radius 1 is 1.00 bits per heavy atom. The van der Waals surface area contributed by atoms with Crippen molar-refractivity contribution in [2.75, 3.05) is 0 Å². The van der Waals surface area contributed by atoms with E-state index in [0.717, 1.165) is 27.6 Å². The van der Waals surface area contributed by atoms with Crippen molar-refractivity contribution in [2.24, 2.45) is 0 Å². The number of benzene rings is 3. The zero-order valence-electron chi connectivity index (χ0n) is 14.0. The molecule has 0 bridgehead atoms. The summed E-state index contributed by atoms with van der Waals surface area (Å²) in [4.78, 5) is 17.0. The minimum atomic E-state index is 0.0187. The van der Waals surface area contributed by atoms with E-state index < -0.39 is 0 Å². The Morgan fingerprint density at radius 3 is 2.64 bits per heavy atom. The van der Waals surface area contributed by atoms with Gasteiger partial charge in [-0.15, -0.1) is 0 Å². The molecule has 4 nitrogen and oxygen atoms in total. The van der Waals surface area contributed by atoms with Crippen LogP contribution in [-0.4, -0.2) is 15.5 Å². The first-order valence-electron chi connectivity index (χ1n) is 8.38. The second-order valence-electron chi connectivity index (χ2n) is 5.87. The fraction of sp³-hybridized carbons (Fsp3) is 0.143. The molecule has 4 rings (SSSR count). The molecule has 0 saturated carbocycles. The van der Waals surface area contributed by atoms with Crippen LogP contribution in [-0.2, 0) is 6.61 Å². The number of imidazole rings is 1. The molecule has 0 aliphatic carbocycles. The molecule has 0 atom stereocenters. The Balaban J connectivity index is 1.72. The zero-order chi connectivity index (χ0) is 17.2. The van der Waals surface area contributed by atoms with Gasteiger partial charge in [-0.2, -0.15) is 0 Å². The van der Waals surface area contributed by atoms with Crippen molar-refractivity contribution in [3.63, 3.8) is 0 Å². The summed E-state index contributed by atoms with van der Waals surface area (Å²) in [6.07, 6.45) is 0.418. The summed E-state index contributed by atoms with van der Waals surface area (Å²) in [5, 5.41) is 2.17. The van der Waals surface area contributed by atoms with E-state index in [2.05, 4.69) is 17.1 Å². The molecule has 0 saturated heterocycles. The first-order valence-corrected chi connectivity index (χ1v) is 8.38. The van der Waals surface area contributed by atoms with Gasteiger partial charge in [-0.05, 0) is 23.6 Å². The van der Waals surface area contributed by atoms with E-state index in [0.29, 0.717) is 12.2 Å². The Hall–Kier alpha value is -3.14. The fourth-order valence-corrected chi connectivity index (χ4v) is 3.07. The highest BCUT2D eigenvalue weighted by atomic mass is 16.5. The zero-order valence-corrected chi connectivity index (χ0v) is 14.0. The first kappa shape index (κ1) is 15.4. The van der Waals surface area contributed by atoms with Gasteiger partial charge in [0.1, 0.15) is 12.4 Å². The smallest absolute Gasteiger partial charge is 0.232 e. The molecule has 25 heavy (non-hydrogen) atoms. The van der Waals surface area contributed by atoms with Crippen LogP contribution >= 0.6 is 0 Å². The number of hydrogen-bond donors (Lipinski definition) is 0. The summed E-state index contributed by atoms with van der Waals surface area (Å²) in [6, 6.07) is 21.7. The molecule has 0 radical (unpaired) electrons. The van der Waals surface area contributed by atoms with Crippen molar-refractivity contribution in [2.45, 2.75) is 20.0 Å². The largest absolute Gasteiger partial charge is 0.485 e. The molecule has 0 unspecified atom stereocenters. The number of aromatic nitrogens is 2. The van der Waals surface area contributed by atoms with Crippen molar-refractivity contribution in [1.82, 2.24) is 9.55 Å². The number of carbonyl (C=O) groups is 1. The van der Waals surface area contributed by atoms with Crippen LogP contribution in [0.2, 0.25) is 0 Å². The number of rotatable bonds is 4. The van der Waals surface area contributed by atoms with Gasteiger partial charge in [0.05, 0.1) is 11.0 Å². The van der Waals surface area contributed by atoms with E-state index in [4.69, 9.17) is 4.74 Å². The maximum atomic E-state index is 12.4. The molecule has 0 N–H and O–H groups in total. The van der Waals surface area contributed by atoms with Crippen LogP contribution in [0.1, 0.15) is 24.0 Å². The molecular formula is C21H18N2O2. The molecule has 4 heteroatoms. The van der Waals surface area contributed by atoms with Crippen LogP contribution in [0.5, 0.6) is 5.75 Å². The monoisotopic (exact) mass is 330 g/mol. The van der Waals surface area contributed by atoms with Crippen LogP contribution in [0.25, 0.3) is 21.8 Å². The fourth-order valence-electron chi connectivity index (χ4n) is 3.07. The van der Waals surface area contributed by atoms with Crippen LogP contribution in [0.3, 0.4) is 0 Å².